The van der Waals surface area contributed by atoms with Crippen LogP contribution in [-0.4, -0.2) is 36.5 Å². The Morgan fingerprint density at radius 1 is 1.56 bits per heavy atom. The predicted octanol–water partition coefficient (Wildman–Crippen LogP) is 1.36. The van der Waals surface area contributed by atoms with Crippen molar-refractivity contribution in [2.75, 3.05) is 24.6 Å². The number of rotatable bonds is 4. The van der Waals surface area contributed by atoms with Crippen LogP contribution in [0.3, 0.4) is 0 Å². The van der Waals surface area contributed by atoms with Gasteiger partial charge in [-0.05, 0) is 18.9 Å². The van der Waals surface area contributed by atoms with E-state index >= 15 is 0 Å². The fourth-order valence-corrected chi connectivity index (χ4v) is 2.99. The summed E-state index contributed by atoms with van der Waals surface area (Å²) in [5.74, 6) is 2.12. The molecule has 1 atom stereocenters. The highest BCUT2D eigenvalue weighted by atomic mass is 32.2. The number of hydrogen-bond donors (Lipinski definition) is 2. The summed E-state index contributed by atoms with van der Waals surface area (Å²) in [6.45, 7) is 3.73. The first-order chi connectivity index (χ1) is 8.75. The van der Waals surface area contributed by atoms with Crippen LogP contribution in [0.4, 0.5) is 0 Å². The Labute approximate surface area is 113 Å². The third-order valence-corrected chi connectivity index (χ3v) is 4.10. The van der Waals surface area contributed by atoms with Crippen LogP contribution in [0, 0.1) is 6.92 Å². The number of nitrogens with one attached hydrogen (secondary N) is 2. The Bertz CT molecular complexity index is 403. The summed E-state index contributed by atoms with van der Waals surface area (Å²) in [6, 6.07) is 8.41. The quantitative estimate of drug-likeness (QED) is 0.863. The molecule has 0 bridgehead atoms. The van der Waals surface area contributed by atoms with Crippen molar-refractivity contribution in [3.63, 3.8) is 0 Å². The van der Waals surface area contributed by atoms with E-state index in [-0.39, 0.29) is 11.9 Å². The maximum Gasteiger partial charge on any atom is 0.238 e. The second-order valence-electron chi connectivity index (χ2n) is 4.61. The van der Waals surface area contributed by atoms with Crippen LogP contribution in [0.5, 0.6) is 0 Å². The van der Waals surface area contributed by atoms with E-state index in [1.54, 1.807) is 0 Å². The number of carbonyl (C=O) groups excluding carboxylic acids is 1. The summed E-state index contributed by atoms with van der Waals surface area (Å²) in [5, 5.41) is 6.25. The number of thioether (sulfide) groups is 1. The van der Waals surface area contributed by atoms with E-state index in [0.717, 1.165) is 24.5 Å². The Balaban J connectivity index is 1.73. The minimum atomic E-state index is -0.0127. The van der Waals surface area contributed by atoms with Crippen LogP contribution < -0.4 is 10.6 Å². The molecule has 1 fully saturated rings. The van der Waals surface area contributed by atoms with Gasteiger partial charge in [0.05, 0.1) is 6.04 Å². The van der Waals surface area contributed by atoms with Gasteiger partial charge < -0.3 is 10.6 Å². The van der Waals surface area contributed by atoms with Crippen LogP contribution in [-0.2, 0) is 11.2 Å². The molecule has 1 aromatic rings. The smallest absolute Gasteiger partial charge is 0.238 e. The lowest BCUT2D eigenvalue weighted by Gasteiger charge is -2.22. The molecule has 1 unspecified atom stereocenters. The van der Waals surface area contributed by atoms with E-state index in [9.17, 15) is 4.79 Å². The molecule has 1 saturated heterocycles. The van der Waals surface area contributed by atoms with Crippen LogP contribution in [0.25, 0.3) is 0 Å². The minimum Gasteiger partial charge on any atom is -0.354 e. The van der Waals surface area contributed by atoms with Gasteiger partial charge in [-0.25, -0.2) is 0 Å². The molecule has 4 heteroatoms. The zero-order valence-corrected chi connectivity index (χ0v) is 11.6. The zero-order chi connectivity index (χ0) is 12.8. The lowest BCUT2D eigenvalue weighted by molar-refractivity contribution is -0.122. The average Bonchev–Trinajstić information content (AvgIpc) is 2.40. The van der Waals surface area contributed by atoms with Crippen LogP contribution >= 0.6 is 11.8 Å². The topological polar surface area (TPSA) is 41.1 Å². The highest BCUT2D eigenvalue weighted by Crippen LogP contribution is 2.08. The summed E-state index contributed by atoms with van der Waals surface area (Å²) in [4.78, 5) is 11.9. The monoisotopic (exact) mass is 264 g/mol. The van der Waals surface area contributed by atoms with E-state index in [1.807, 2.05) is 11.8 Å². The molecule has 0 radical (unpaired) electrons. The molecule has 0 aliphatic carbocycles. The van der Waals surface area contributed by atoms with E-state index in [4.69, 9.17) is 0 Å². The predicted molar refractivity (Wildman–Crippen MR) is 77.0 cm³/mol. The molecule has 1 aliphatic heterocycles. The van der Waals surface area contributed by atoms with E-state index in [2.05, 4.69) is 41.8 Å². The fraction of sp³-hybridized carbons (Fsp3) is 0.500. The van der Waals surface area contributed by atoms with Gasteiger partial charge in [-0.1, -0.05) is 29.8 Å². The van der Waals surface area contributed by atoms with Gasteiger partial charge in [-0.3, -0.25) is 4.79 Å². The first kappa shape index (κ1) is 13.4. The zero-order valence-electron chi connectivity index (χ0n) is 10.7. The highest BCUT2D eigenvalue weighted by molar-refractivity contribution is 7.99. The number of carbonyl (C=O) groups is 1. The second kappa shape index (κ2) is 6.81. The first-order valence-corrected chi connectivity index (χ1v) is 7.55. The van der Waals surface area contributed by atoms with Crippen molar-refractivity contribution in [2.45, 2.75) is 19.4 Å². The Morgan fingerprint density at radius 2 is 2.44 bits per heavy atom. The van der Waals surface area contributed by atoms with Crippen molar-refractivity contribution < 1.29 is 4.79 Å². The number of hydrogen-bond acceptors (Lipinski definition) is 3. The second-order valence-corrected chi connectivity index (χ2v) is 5.76. The molecule has 2 rings (SSSR count). The SMILES string of the molecule is Cc1cccc(CCNC(=O)C2CSCCN2)c1. The molecule has 0 saturated carbocycles. The van der Waals surface area contributed by atoms with Gasteiger partial charge in [0.1, 0.15) is 0 Å². The Hall–Kier alpha value is -1.00. The summed E-state index contributed by atoms with van der Waals surface area (Å²) >= 11 is 1.84. The minimum absolute atomic E-state index is 0.0127. The number of amides is 1. The molecule has 1 heterocycles. The molecule has 0 spiro atoms. The maximum absolute atomic E-state index is 11.9. The van der Waals surface area contributed by atoms with Gasteiger partial charge in [-0.2, -0.15) is 11.8 Å². The van der Waals surface area contributed by atoms with Gasteiger partial charge in [0.15, 0.2) is 0 Å². The molecule has 1 aliphatic rings. The van der Waals surface area contributed by atoms with E-state index in [0.29, 0.717) is 6.54 Å². The molecule has 18 heavy (non-hydrogen) atoms. The van der Waals surface area contributed by atoms with Crippen molar-refractivity contribution in [3.05, 3.63) is 35.4 Å². The number of aryl methyl sites for hydroxylation is 1. The summed E-state index contributed by atoms with van der Waals surface area (Å²) in [5.41, 5.74) is 2.55. The lowest BCUT2D eigenvalue weighted by atomic mass is 10.1. The molecule has 2 N–H and O–H groups in total. The normalized spacial score (nSPS) is 19.5. The molecular formula is C14H20N2OS. The average molecular weight is 264 g/mol. The van der Waals surface area contributed by atoms with E-state index in [1.165, 1.54) is 11.1 Å². The summed E-state index contributed by atoms with van der Waals surface area (Å²) in [6.07, 6.45) is 0.896. The van der Waals surface area contributed by atoms with Gasteiger partial charge in [-0.15, -0.1) is 0 Å². The van der Waals surface area contributed by atoms with Crippen LogP contribution in [0.1, 0.15) is 11.1 Å². The van der Waals surface area contributed by atoms with Crippen molar-refractivity contribution in [1.29, 1.82) is 0 Å². The summed E-state index contributed by atoms with van der Waals surface area (Å²) < 4.78 is 0. The Morgan fingerprint density at radius 3 is 3.17 bits per heavy atom. The summed E-state index contributed by atoms with van der Waals surface area (Å²) in [7, 11) is 0. The van der Waals surface area contributed by atoms with Gasteiger partial charge in [0, 0.05) is 24.6 Å². The molecule has 1 aromatic carbocycles. The third-order valence-electron chi connectivity index (χ3n) is 3.03. The first-order valence-electron chi connectivity index (χ1n) is 6.40. The largest absolute Gasteiger partial charge is 0.354 e. The third kappa shape index (κ3) is 4.03. The fourth-order valence-electron chi connectivity index (χ4n) is 2.05. The number of benzene rings is 1. The van der Waals surface area contributed by atoms with Crippen molar-refractivity contribution in [1.82, 2.24) is 10.6 Å². The molecule has 98 valence electrons. The molecule has 3 nitrogen and oxygen atoms in total. The standard InChI is InChI=1S/C14H20N2OS/c1-11-3-2-4-12(9-11)5-6-16-14(17)13-10-18-8-7-15-13/h2-4,9,13,15H,5-8,10H2,1H3,(H,16,17). The van der Waals surface area contributed by atoms with Crippen LogP contribution in [0.15, 0.2) is 24.3 Å². The van der Waals surface area contributed by atoms with Gasteiger partial charge >= 0.3 is 0 Å². The lowest BCUT2D eigenvalue weighted by Crippen LogP contribution is -2.49. The maximum atomic E-state index is 11.9. The van der Waals surface area contributed by atoms with Crippen molar-refractivity contribution >= 4 is 17.7 Å². The molecule has 1 amide bonds. The highest BCUT2D eigenvalue weighted by Gasteiger charge is 2.19. The van der Waals surface area contributed by atoms with Crippen LogP contribution in [0.2, 0.25) is 0 Å². The van der Waals surface area contributed by atoms with Gasteiger partial charge in [0.25, 0.3) is 0 Å². The molecular weight excluding hydrogens is 244 g/mol. The molecule has 0 aromatic heterocycles. The van der Waals surface area contributed by atoms with Crippen molar-refractivity contribution in [3.8, 4) is 0 Å². The van der Waals surface area contributed by atoms with Crippen molar-refractivity contribution in [2.24, 2.45) is 0 Å². The van der Waals surface area contributed by atoms with Gasteiger partial charge in [0.2, 0.25) is 5.91 Å². The van der Waals surface area contributed by atoms with E-state index < -0.39 is 0 Å². The Kier molecular flexibility index (Phi) is 5.08.